The van der Waals surface area contributed by atoms with E-state index in [-0.39, 0.29) is 11.7 Å². The molecule has 8 nitrogen and oxygen atoms in total. The maximum Gasteiger partial charge on any atom is 0.305 e. The molecule has 0 amide bonds. The van der Waals surface area contributed by atoms with E-state index >= 15 is 0 Å². The Kier molecular flexibility index (Phi) is 5.08. The number of nitro groups is 1. The summed E-state index contributed by atoms with van der Waals surface area (Å²) in [6.07, 6.45) is 2.52. The molecule has 0 aliphatic carbocycles. The number of hydrogen-bond acceptors (Lipinski definition) is 7. The molecule has 132 valence electrons. The summed E-state index contributed by atoms with van der Waals surface area (Å²) in [6, 6.07) is 8.41. The fourth-order valence-corrected chi connectivity index (χ4v) is 2.99. The molecule has 2 heterocycles. The molecule has 1 fully saturated rings. The highest BCUT2D eigenvalue weighted by Gasteiger charge is 2.24. The van der Waals surface area contributed by atoms with E-state index in [4.69, 9.17) is 4.74 Å². The molecule has 0 radical (unpaired) electrons. The number of aromatic nitrogens is 2. The molecule has 0 bridgehead atoms. The molecule has 25 heavy (non-hydrogen) atoms. The Morgan fingerprint density at radius 2 is 1.88 bits per heavy atom. The van der Waals surface area contributed by atoms with Crippen molar-refractivity contribution in [3.8, 4) is 5.75 Å². The van der Waals surface area contributed by atoms with Crippen molar-refractivity contribution in [1.82, 2.24) is 14.9 Å². The molecule has 0 spiro atoms. The average molecular weight is 343 g/mol. The highest BCUT2D eigenvalue weighted by molar-refractivity contribution is 5.35. The van der Waals surface area contributed by atoms with E-state index in [0.717, 1.165) is 31.9 Å². The molecule has 1 atom stereocenters. The summed E-state index contributed by atoms with van der Waals surface area (Å²) in [6.45, 7) is 5.50. The lowest BCUT2D eigenvalue weighted by atomic mass is 10.1. The molecular weight excluding hydrogens is 322 g/mol. The van der Waals surface area contributed by atoms with Gasteiger partial charge in [0.05, 0.1) is 12.0 Å². The van der Waals surface area contributed by atoms with Crippen LogP contribution in [0.4, 0.5) is 11.6 Å². The Balaban J connectivity index is 1.62. The quantitative estimate of drug-likeness (QED) is 0.608. The standard InChI is InChI=1S/C17H21N5O3/c1-13(14-4-3-5-16(10-14)25-2)20-6-8-21(9-7-20)17-18-11-15(12-19-17)22(23)24/h3-5,10-13H,6-9H2,1-2H3/t13-/m1/s1. The number of anilines is 1. The topological polar surface area (TPSA) is 84.6 Å². The molecule has 1 saturated heterocycles. The first-order valence-electron chi connectivity index (χ1n) is 8.18. The predicted octanol–water partition coefficient (Wildman–Crippen LogP) is 2.28. The summed E-state index contributed by atoms with van der Waals surface area (Å²) in [5.41, 5.74) is 1.13. The lowest BCUT2D eigenvalue weighted by Gasteiger charge is -2.38. The van der Waals surface area contributed by atoms with E-state index in [2.05, 4.69) is 38.8 Å². The van der Waals surface area contributed by atoms with E-state index in [1.54, 1.807) is 7.11 Å². The number of rotatable bonds is 5. The number of piperazine rings is 1. The fraction of sp³-hybridized carbons (Fsp3) is 0.412. The van der Waals surface area contributed by atoms with Crippen molar-refractivity contribution in [1.29, 1.82) is 0 Å². The summed E-state index contributed by atoms with van der Waals surface area (Å²) < 4.78 is 5.30. The molecule has 1 aromatic heterocycles. The van der Waals surface area contributed by atoms with Crippen LogP contribution >= 0.6 is 0 Å². The van der Waals surface area contributed by atoms with Gasteiger partial charge in [-0.2, -0.15) is 0 Å². The summed E-state index contributed by atoms with van der Waals surface area (Å²) in [7, 11) is 1.67. The third kappa shape index (κ3) is 3.85. The first-order chi connectivity index (χ1) is 12.1. The molecule has 0 unspecified atom stereocenters. The van der Waals surface area contributed by atoms with Gasteiger partial charge in [0.1, 0.15) is 18.1 Å². The largest absolute Gasteiger partial charge is 0.497 e. The second kappa shape index (κ2) is 7.43. The van der Waals surface area contributed by atoms with Crippen molar-refractivity contribution in [2.24, 2.45) is 0 Å². The molecule has 0 saturated carbocycles. The van der Waals surface area contributed by atoms with Crippen molar-refractivity contribution in [2.45, 2.75) is 13.0 Å². The zero-order chi connectivity index (χ0) is 17.8. The molecule has 1 aliphatic rings. The van der Waals surface area contributed by atoms with Crippen LogP contribution in [-0.4, -0.2) is 53.1 Å². The van der Waals surface area contributed by atoms with E-state index in [9.17, 15) is 10.1 Å². The highest BCUT2D eigenvalue weighted by Crippen LogP contribution is 2.25. The summed E-state index contributed by atoms with van der Waals surface area (Å²) in [5, 5.41) is 10.7. The normalized spacial score (nSPS) is 16.5. The maximum atomic E-state index is 10.7. The maximum absolute atomic E-state index is 10.7. The predicted molar refractivity (Wildman–Crippen MR) is 93.9 cm³/mol. The van der Waals surface area contributed by atoms with Gasteiger partial charge in [-0.3, -0.25) is 15.0 Å². The van der Waals surface area contributed by atoms with Crippen molar-refractivity contribution >= 4 is 11.6 Å². The van der Waals surface area contributed by atoms with Gasteiger partial charge in [0.15, 0.2) is 0 Å². The Bertz CT molecular complexity index is 729. The fourth-order valence-electron chi connectivity index (χ4n) is 2.99. The monoisotopic (exact) mass is 343 g/mol. The van der Waals surface area contributed by atoms with Crippen LogP contribution < -0.4 is 9.64 Å². The zero-order valence-corrected chi connectivity index (χ0v) is 14.3. The minimum Gasteiger partial charge on any atom is -0.497 e. The molecular formula is C17H21N5O3. The second-order valence-corrected chi connectivity index (χ2v) is 5.97. The molecule has 0 N–H and O–H groups in total. The first-order valence-corrected chi connectivity index (χ1v) is 8.18. The summed E-state index contributed by atoms with van der Waals surface area (Å²) in [5.74, 6) is 1.40. The van der Waals surface area contributed by atoms with Crippen LogP contribution in [0.3, 0.4) is 0 Å². The average Bonchev–Trinajstić information content (AvgIpc) is 2.67. The van der Waals surface area contributed by atoms with Gasteiger partial charge in [-0.1, -0.05) is 12.1 Å². The van der Waals surface area contributed by atoms with Crippen LogP contribution in [0.15, 0.2) is 36.7 Å². The van der Waals surface area contributed by atoms with Crippen molar-refractivity contribution in [3.05, 3.63) is 52.3 Å². The minimum absolute atomic E-state index is 0.0889. The van der Waals surface area contributed by atoms with E-state index in [1.807, 2.05) is 12.1 Å². The highest BCUT2D eigenvalue weighted by atomic mass is 16.6. The van der Waals surface area contributed by atoms with Gasteiger partial charge in [-0.05, 0) is 24.6 Å². The Labute approximate surface area is 146 Å². The van der Waals surface area contributed by atoms with Gasteiger partial charge in [-0.25, -0.2) is 9.97 Å². The van der Waals surface area contributed by atoms with Gasteiger partial charge in [0.25, 0.3) is 0 Å². The van der Waals surface area contributed by atoms with Gasteiger partial charge >= 0.3 is 5.69 Å². The second-order valence-electron chi connectivity index (χ2n) is 5.97. The van der Waals surface area contributed by atoms with Crippen LogP contribution in [0.25, 0.3) is 0 Å². The van der Waals surface area contributed by atoms with Crippen LogP contribution in [0, 0.1) is 10.1 Å². The zero-order valence-electron chi connectivity index (χ0n) is 14.3. The molecule has 2 aromatic rings. The SMILES string of the molecule is COc1cccc([C@@H](C)N2CCN(c3ncc([N+](=O)[O-])cn3)CC2)c1. The smallest absolute Gasteiger partial charge is 0.305 e. The Hall–Kier alpha value is -2.74. The molecule has 1 aliphatic heterocycles. The number of ether oxygens (including phenoxy) is 1. The van der Waals surface area contributed by atoms with Crippen molar-refractivity contribution < 1.29 is 9.66 Å². The molecule has 8 heteroatoms. The van der Waals surface area contributed by atoms with Crippen LogP contribution in [0.1, 0.15) is 18.5 Å². The lowest BCUT2D eigenvalue weighted by Crippen LogP contribution is -2.47. The van der Waals surface area contributed by atoms with Crippen molar-refractivity contribution in [3.63, 3.8) is 0 Å². The third-order valence-electron chi connectivity index (χ3n) is 4.56. The van der Waals surface area contributed by atoms with Crippen LogP contribution in [0.2, 0.25) is 0 Å². The summed E-state index contributed by atoms with van der Waals surface area (Å²) >= 11 is 0. The van der Waals surface area contributed by atoms with Crippen LogP contribution in [-0.2, 0) is 0 Å². The lowest BCUT2D eigenvalue weighted by molar-refractivity contribution is -0.385. The number of benzene rings is 1. The first kappa shape index (κ1) is 17.1. The minimum atomic E-state index is -0.489. The van der Waals surface area contributed by atoms with Gasteiger partial charge < -0.3 is 9.64 Å². The molecule has 3 rings (SSSR count). The van der Waals surface area contributed by atoms with Crippen molar-refractivity contribution in [2.75, 3.05) is 38.2 Å². The van der Waals surface area contributed by atoms with Gasteiger partial charge in [0, 0.05) is 32.2 Å². The van der Waals surface area contributed by atoms with Crippen LogP contribution in [0.5, 0.6) is 5.75 Å². The van der Waals surface area contributed by atoms with E-state index in [1.165, 1.54) is 18.0 Å². The van der Waals surface area contributed by atoms with E-state index in [0.29, 0.717) is 5.95 Å². The van der Waals surface area contributed by atoms with Gasteiger partial charge in [0.2, 0.25) is 5.95 Å². The molecule has 1 aromatic carbocycles. The summed E-state index contributed by atoms with van der Waals surface area (Å²) in [4.78, 5) is 22.9. The number of methoxy groups -OCH3 is 1. The Morgan fingerprint density at radius 3 is 2.48 bits per heavy atom. The van der Waals surface area contributed by atoms with E-state index < -0.39 is 4.92 Å². The Morgan fingerprint density at radius 1 is 1.20 bits per heavy atom. The number of nitrogens with zero attached hydrogens (tertiary/aromatic N) is 5. The van der Waals surface area contributed by atoms with Gasteiger partial charge in [-0.15, -0.1) is 0 Å². The third-order valence-corrected chi connectivity index (χ3v) is 4.56. The number of hydrogen-bond donors (Lipinski definition) is 0.